The molecule has 4 aliphatic rings. The molecule has 0 saturated carbocycles. The number of halogens is 5. The number of aryl methyl sites for hydroxylation is 5. The Balaban J connectivity index is 0.000000203. The van der Waals surface area contributed by atoms with Gasteiger partial charge in [-0.3, -0.25) is 47.9 Å². The van der Waals surface area contributed by atoms with Crippen LogP contribution >= 0.6 is 23.4 Å². The minimum atomic E-state index is -4.42. The van der Waals surface area contributed by atoms with Gasteiger partial charge in [0, 0.05) is 173 Å². The number of rotatable bonds is 40. The van der Waals surface area contributed by atoms with Crippen LogP contribution in [0.2, 0.25) is 5.02 Å². The Kier molecular flexibility index (Phi) is 44.1. The number of nitrogen functional groups attached to an aromatic ring is 5. The van der Waals surface area contributed by atoms with E-state index in [0.29, 0.717) is 145 Å². The molecule has 5 atom stereocenters. The number of Topliss-reactive ketones (excluding diaryl/α,β-unsaturated/α-hetero) is 5. The number of hydrogen-bond donors (Lipinski definition) is 5. The SMILES string of the molecule is CCOC(=O)C(CCSC)CC(=O)CCc1ccc(N)cc1.Nc1ccc(CCC(=O)CCC(=O)N2CCCC2Cc2ccccc2Cl)cc1.Nc1ccc(CCC(=O)CCC(=O)N2CCCC2c2cccc(C(F)(F)F)c2)cc1.Nc1ccc(CCC(=O)CCC(=O)N2CCCC2c2cccc(F)c2)cc1.[N-]=[N+]=NC[C@H]1CCCN1C(=O)CCC(=O)CCc1ccc(N)cc1. The van der Waals surface area contributed by atoms with Gasteiger partial charge < -0.3 is 53.0 Å². The van der Waals surface area contributed by atoms with Crippen LogP contribution in [0.15, 0.2) is 199 Å². The molecule has 12 rings (SSSR count). The third-order valence-corrected chi connectivity index (χ3v) is 24.8. The normalized spacial score (nSPS) is 15.7. The topological polar surface area (TPSA) is 372 Å². The Morgan fingerprint density at radius 1 is 0.458 bits per heavy atom. The first-order valence-electron chi connectivity index (χ1n) is 45.3. The minimum absolute atomic E-state index is 0.00464. The van der Waals surface area contributed by atoms with Crippen LogP contribution in [0.5, 0.6) is 0 Å². The molecule has 700 valence electrons. The Morgan fingerprint density at radius 3 is 1.20 bits per heavy atom. The molecule has 0 radical (unpaired) electrons. The van der Waals surface area contributed by atoms with E-state index in [4.69, 9.17) is 50.5 Å². The van der Waals surface area contributed by atoms with Gasteiger partial charge in [0.2, 0.25) is 23.6 Å². The van der Waals surface area contributed by atoms with E-state index in [-0.39, 0.29) is 139 Å². The molecule has 4 heterocycles. The lowest BCUT2D eigenvalue weighted by Crippen LogP contribution is -2.37. The summed E-state index contributed by atoms with van der Waals surface area (Å²) in [5.74, 6) is 0.258. The van der Waals surface area contributed by atoms with Crippen molar-refractivity contribution < 1.29 is 70.2 Å². The maximum absolute atomic E-state index is 13.5. The molecule has 4 unspecified atom stereocenters. The number of thioether (sulfide) groups is 1. The third-order valence-electron chi connectivity index (χ3n) is 23.7. The van der Waals surface area contributed by atoms with Gasteiger partial charge in [-0.2, -0.15) is 24.9 Å². The second-order valence-corrected chi connectivity index (χ2v) is 34.9. The lowest BCUT2D eigenvalue weighted by Gasteiger charge is -2.25. The van der Waals surface area contributed by atoms with Crippen LogP contribution in [-0.4, -0.2) is 142 Å². The van der Waals surface area contributed by atoms with E-state index in [2.05, 4.69) is 10.0 Å². The van der Waals surface area contributed by atoms with Gasteiger partial charge in [0.05, 0.1) is 30.2 Å². The van der Waals surface area contributed by atoms with Gasteiger partial charge in [-0.05, 0) is 256 Å². The number of benzene rings is 8. The number of ketones is 5. The summed E-state index contributed by atoms with van der Waals surface area (Å²) in [4.78, 5) is 133. The molecule has 4 aliphatic heterocycles. The lowest BCUT2D eigenvalue weighted by molar-refractivity contribution is -0.149. The van der Waals surface area contributed by atoms with E-state index >= 15 is 0 Å². The van der Waals surface area contributed by atoms with Crippen molar-refractivity contribution in [2.75, 3.05) is 80.0 Å². The van der Waals surface area contributed by atoms with Crippen LogP contribution in [-0.2, 0) is 97.4 Å². The molecule has 4 fully saturated rings. The number of amides is 4. The summed E-state index contributed by atoms with van der Waals surface area (Å²) in [6.45, 7) is 5.07. The fourth-order valence-electron chi connectivity index (χ4n) is 16.3. The summed E-state index contributed by atoms with van der Waals surface area (Å²) in [7, 11) is 0. The Morgan fingerprint density at radius 2 is 0.817 bits per heavy atom. The number of ether oxygens (including phenoxy) is 1. The van der Waals surface area contributed by atoms with Crippen LogP contribution < -0.4 is 28.7 Å². The van der Waals surface area contributed by atoms with Crippen LogP contribution in [0.4, 0.5) is 46.0 Å². The lowest BCUT2D eigenvalue weighted by atomic mass is 9.96. The van der Waals surface area contributed by atoms with Gasteiger partial charge in [-0.25, -0.2) is 4.39 Å². The second-order valence-electron chi connectivity index (χ2n) is 33.5. The second kappa shape index (κ2) is 55.3. The van der Waals surface area contributed by atoms with E-state index in [0.717, 1.165) is 131 Å². The van der Waals surface area contributed by atoms with E-state index < -0.39 is 11.7 Å². The van der Waals surface area contributed by atoms with Crippen LogP contribution in [0.25, 0.3) is 10.4 Å². The quantitative estimate of drug-likeness (QED) is 0.00595. The third kappa shape index (κ3) is 37.1. The van der Waals surface area contributed by atoms with Gasteiger partial charge in [0.1, 0.15) is 34.7 Å². The highest BCUT2D eigenvalue weighted by Crippen LogP contribution is 2.38. The number of nitrogens with zero attached hydrogens (tertiary/aromatic N) is 7. The van der Waals surface area contributed by atoms with Gasteiger partial charge in [-0.15, -0.1) is 0 Å². The Labute approximate surface area is 775 Å². The molecule has 29 heteroatoms. The van der Waals surface area contributed by atoms with Crippen molar-refractivity contribution in [2.24, 2.45) is 11.0 Å². The maximum atomic E-state index is 13.5. The molecular formula is C102H125ClF4N12O11S. The highest BCUT2D eigenvalue weighted by Gasteiger charge is 2.36. The zero-order chi connectivity index (χ0) is 94.6. The molecule has 23 nitrogen and oxygen atoms in total. The van der Waals surface area contributed by atoms with Crippen molar-refractivity contribution in [1.82, 2.24) is 19.6 Å². The van der Waals surface area contributed by atoms with Crippen molar-refractivity contribution in [1.29, 1.82) is 0 Å². The molecule has 0 bridgehead atoms. The molecule has 10 N–H and O–H groups in total. The van der Waals surface area contributed by atoms with Crippen molar-refractivity contribution in [2.45, 2.75) is 223 Å². The predicted octanol–water partition coefficient (Wildman–Crippen LogP) is 19.4. The average Bonchev–Trinajstić information content (AvgIpc) is 1.75. The number of anilines is 5. The number of azide groups is 1. The molecular weight excluding hydrogens is 1710 g/mol. The van der Waals surface area contributed by atoms with Crippen molar-refractivity contribution in [3.05, 3.63) is 265 Å². The summed E-state index contributed by atoms with van der Waals surface area (Å²) in [6.07, 6.45) is 13.3. The van der Waals surface area contributed by atoms with Crippen molar-refractivity contribution in [3.63, 3.8) is 0 Å². The van der Waals surface area contributed by atoms with E-state index in [1.807, 2.05) is 151 Å². The van der Waals surface area contributed by atoms with Gasteiger partial charge in [-0.1, -0.05) is 120 Å². The molecule has 131 heavy (non-hydrogen) atoms. The fraction of sp³-hybridized carbons (Fsp3) is 0.431. The summed E-state index contributed by atoms with van der Waals surface area (Å²) < 4.78 is 57.6. The van der Waals surface area contributed by atoms with E-state index in [1.54, 1.807) is 57.7 Å². The van der Waals surface area contributed by atoms with E-state index in [1.165, 1.54) is 18.2 Å². The zero-order valence-electron chi connectivity index (χ0n) is 75.1. The highest BCUT2D eigenvalue weighted by atomic mass is 35.5. The fourth-order valence-corrected chi connectivity index (χ4v) is 17.1. The molecule has 0 spiro atoms. The Hall–Kier alpha value is -11.9. The number of esters is 1. The molecule has 8 aromatic carbocycles. The first kappa shape index (κ1) is 104. The van der Waals surface area contributed by atoms with Crippen LogP contribution in [0.3, 0.4) is 0 Å². The molecule has 4 amide bonds. The first-order chi connectivity index (χ1) is 62.9. The zero-order valence-corrected chi connectivity index (χ0v) is 76.7. The number of carbonyl (C=O) groups is 10. The largest absolute Gasteiger partial charge is 0.466 e. The maximum Gasteiger partial charge on any atom is 0.416 e. The number of nitrogens with two attached hydrogens (primary N) is 5. The number of hydrogen-bond acceptors (Lipinski definition) is 18. The Bertz CT molecular complexity index is 5070. The molecule has 0 aliphatic carbocycles. The summed E-state index contributed by atoms with van der Waals surface area (Å²) in [5.41, 5.74) is 47.1. The molecule has 0 aromatic heterocycles. The van der Waals surface area contributed by atoms with Gasteiger partial charge >= 0.3 is 12.1 Å². The van der Waals surface area contributed by atoms with Crippen LogP contribution in [0.1, 0.15) is 217 Å². The monoisotopic (exact) mass is 1840 g/mol. The highest BCUT2D eigenvalue weighted by molar-refractivity contribution is 7.98. The van der Waals surface area contributed by atoms with Crippen molar-refractivity contribution in [3.8, 4) is 0 Å². The molecule has 4 saturated heterocycles. The summed E-state index contributed by atoms with van der Waals surface area (Å²) in [6, 6.07) is 56.4. The van der Waals surface area contributed by atoms with Gasteiger partial charge in [0.15, 0.2) is 0 Å². The average molecular weight is 1840 g/mol. The number of carbonyl (C=O) groups excluding carboxylic acids is 10. The van der Waals surface area contributed by atoms with E-state index in [9.17, 15) is 65.5 Å². The minimum Gasteiger partial charge on any atom is -0.466 e. The van der Waals surface area contributed by atoms with Gasteiger partial charge in [0.25, 0.3) is 0 Å². The summed E-state index contributed by atoms with van der Waals surface area (Å²) in [5, 5.41) is 4.31. The first-order valence-corrected chi connectivity index (χ1v) is 47.0. The predicted molar refractivity (Wildman–Crippen MR) is 509 cm³/mol. The number of likely N-dealkylation sites (tertiary alicyclic amines) is 4. The van der Waals surface area contributed by atoms with Crippen molar-refractivity contribution >= 4 is 110 Å². The standard InChI is InChI=1S/C23H27ClN2O2.C23H25F3N2O2.C22H25FN2O2.C17H23N5O2.C17H25NO3S/c24-22-6-2-1-4-18(22)16-20-5-3-15-26(20)23(28)14-13-21(27)12-9-17-7-10-19(25)11-8-17;24-23(25,26)18-4-1-3-17(15-18)21-5-2-14-28(21)22(30)13-12-20(29)11-8-16-6-9-19(27)10-7-16;23-18-4-1-3-17(15-18)21-5-2-14-25(21)22(27)13-12-20(26)11-8-16-6-9-19(24)10-7-16;18-14-6-3-13(4-7-14)5-8-16(23)9-10-17(24)22-11-1-2-15(22)12-20-21-19;1-3-21-17(20)14(10-11-22-2)12-16(19)9-6-13-4-7-15(18)8-5-13/h1-2,4,6-8,10-11,20H,3,5,9,12-16,25H2;1,3-4,6-7,9-10,15,21H,2,5,8,11-14,27H2;1,3-4,6-7,9-10,15,21H,2,5,8,11-14,24H2;3-4,6-7,15H,1-2,5,8-12,18H2;4-5,7-8,14H,3,6,9-12,18H2,1-2H3/t;;;15-;/m...1./s1. The molecule has 8 aromatic rings. The number of alkyl halides is 3. The smallest absolute Gasteiger partial charge is 0.416 e. The van der Waals surface area contributed by atoms with Crippen LogP contribution in [0, 0.1) is 11.7 Å². The summed E-state index contributed by atoms with van der Waals surface area (Å²) >= 11 is 7.94.